The molecule has 0 atom stereocenters. The molecule has 1 N–H and O–H groups in total. The van der Waals surface area contributed by atoms with E-state index in [-0.39, 0.29) is 24.5 Å². The van der Waals surface area contributed by atoms with Crippen molar-refractivity contribution in [3.05, 3.63) is 42.0 Å². The molecule has 1 amide bonds. The summed E-state index contributed by atoms with van der Waals surface area (Å²) in [4.78, 5) is 24.6. The third-order valence-electron chi connectivity index (χ3n) is 4.47. The standard InChI is InChI=1S/C21H21NO6/c23-16(14-2-5-17-19(12-14)28-11-10-27-17)4-7-21(24)22-15-3-6-18-20(13-15)26-9-1-8-25-18/h2-3,5-6,12-13H,1,4,7-11H2,(H,22,24). The molecule has 0 aromatic heterocycles. The SMILES string of the molecule is O=C(CCC(=O)c1ccc2c(c1)OCCO2)Nc1ccc2c(c1)OCCCO2. The zero-order valence-electron chi connectivity index (χ0n) is 15.4. The third-order valence-corrected chi connectivity index (χ3v) is 4.47. The van der Waals surface area contributed by atoms with Crippen molar-refractivity contribution in [3.8, 4) is 23.0 Å². The van der Waals surface area contributed by atoms with E-state index in [1.165, 1.54) is 0 Å². The first-order valence-electron chi connectivity index (χ1n) is 9.31. The molecule has 0 saturated heterocycles. The lowest BCUT2D eigenvalue weighted by Gasteiger charge is -2.18. The van der Waals surface area contributed by atoms with Gasteiger partial charge in [-0.05, 0) is 30.3 Å². The summed E-state index contributed by atoms with van der Waals surface area (Å²) in [6.45, 7) is 2.15. The van der Waals surface area contributed by atoms with Gasteiger partial charge in [-0.1, -0.05) is 0 Å². The highest BCUT2D eigenvalue weighted by atomic mass is 16.6. The molecular formula is C21H21NO6. The Morgan fingerprint density at radius 3 is 2.21 bits per heavy atom. The summed E-state index contributed by atoms with van der Waals surface area (Å²) in [6.07, 6.45) is 1.01. The Labute approximate surface area is 162 Å². The molecule has 146 valence electrons. The van der Waals surface area contributed by atoms with Crippen LogP contribution in [0.25, 0.3) is 0 Å². The molecule has 2 aliphatic heterocycles. The minimum atomic E-state index is -0.236. The van der Waals surface area contributed by atoms with Crippen molar-refractivity contribution >= 4 is 17.4 Å². The summed E-state index contributed by atoms with van der Waals surface area (Å²) in [5.74, 6) is 2.13. The van der Waals surface area contributed by atoms with Gasteiger partial charge in [-0.15, -0.1) is 0 Å². The van der Waals surface area contributed by atoms with Crippen molar-refractivity contribution in [2.45, 2.75) is 19.3 Å². The van der Waals surface area contributed by atoms with E-state index in [0.29, 0.717) is 60.7 Å². The molecular weight excluding hydrogens is 362 g/mol. The van der Waals surface area contributed by atoms with Gasteiger partial charge in [-0.2, -0.15) is 0 Å². The first-order chi connectivity index (χ1) is 13.7. The number of ketones is 1. The Morgan fingerprint density at radius 2 is 1.39 bits per heavy atom. The van der Waals surface area contributed by atoms with Gasteiger partial charge >= 0.3 is 0 Å². The zero-order valence-corrected chi connectivity index (χ0v) is 15.4. The van der Waals surface area contributed by atoms with Crippen molar-refractivity contribution in [2.75, 3.05) is 31.7 Å². The van der Waals surface area contributed by atoms with Gasteiger partial charge in [0.15, 0.2) is 28.8 Å². The fraction of sp³-hybridized carbons (Fsp3) is 0.333. The average molecular weight is 383 g/mol. The topological polar surface area (TPSA) is 83.1 Å². The molecule has 2 aromatic carbocycles. The molecule has 0 unspecified atom stereocenters. The molecule has 2 aromatic rings. The molecule has 4 rings (SSSR count). The van der Waals surface area contributed by atoms with E-state index < -0.39 is 0 Å². The fourth-order valence-electron chi connectivity index (χ4n) is 3.05. The molecule has 0 saturated carbocycles. The van der Waals surface area contributed by atoms with Crippen LogP contribution in [0.3, 0.4) is 0 Å². The van der Waals surface area contributed by atoms with Crippen molar-refractivity contribution in [3.63, 3.8) is 0 Å². The highest BCUT2D eigenvalue weighted by Crippen LogP contribution is 2.33. The highest BCUT2D eigenvalue weighted by Gasteiger charge is 2.16. The van der Waals surface area contributed by atoms with E-state index in [2.05, 4.69) is 5.32 Å². The second kappa shape index (κ2) is 8.21. The summed E-state index contributed by atoms with van der Waals surface area (Å²) >= 11 is 0. The maximum Gasteiger partial charge on any atom is 0.224 e. The number of fused-ring (bicyclic) bond motifs is 2. The number of rotatable bonds is 5. The molecule has 0 fully saturated rings. The van der Waals surface area contributed by atoms with E-state index in [1.807, 2.05) is 0 Å². The number of hydrogen-bond donors (Lipinski definition) is 1. The Bertz CT molecular complexity index is 894. The minimum Gasteiger partial charge on any atom is -0.490 e. The lowest BCUT2D eigenvalue weighted by Crippen LogP contribution is -2.16. The van der Waals surface area contributed by atoms with Gasteiger partial charge in [0, 0.05) is 36.6 Å². The first-order valence-corrected chi connectivity index (χ1v) is 9.31. The number of Topliss-reactive ketones (excluding diaryl/α,β-unsaturated/α-hetero) is 1. The monoisotopic (exact) mass is 383 g/mol. The molecule has 0 bridgehead atoms. The molecule has 2 aliphatic rings. The summed E-state index contributed by atoms with van der Waals surface area (Å²) < 4.78 is 22.1. The normalized spacial score (nSPS) is 14.7. The van der Waals surface area contributed by atoms with Crippen LogP contribution in [-0.2, 0) is 4.79 Å². The van der Waals surface area contributed by atoms with E-state index in [9.17, 15) is 9.59 Å². The quantitative estimate of drug-likeness (QED) is 0.799. The van der Waals surface area contributed by atoms with Gasteiger partial charge in [0.25, 0.3) is 0 Å². The van der Waals surface area contributed by atoms with Gasteiger partial charge in [0.1, 0.15) is 13.2 Å². The molecule has 28 heavy (non-hydrogen) atoms. The molecule has 0 aliphatic carbocycles. The Kier molecular flexibility index (Phi) is 5.32. The van der Waals surface area contributed by atoms with E-state index in [1.54, 1.807) is 36.4 Å². The van der Waals surface area contributed by atoms with E-state index >= 15 is 0 Å². The van der Waals surface area contributed by atoms with Gasteiger partial charge in [-0.25, -0.2) is 0 Å². The Hall–Kier alpha value is -3.22. The molecule has 0 spiro atoms. The number of carbonyl (C=O) groups excluding carboxylic acids is 2. The average Bonchev–Trinajstić information content (AvgIpc) is 2.96. The first kappa shape index (κ1) is 18.2. The number of benzene rings is 2. The summed E-state index contributed by atoms with van der Waals surface area (Å²) in [7, 11) is 0. The van der Waals surface area contributed by atoms with Crippen molar-refractivity contribution in [1.82, 2.24) is 0 Å². The van der Waals surface area contributed by atoms with Crippen LogP contribution in [0.1, 0.15) is 29.6 Å². The summed E-state index contributed by atoms with van der Waals surface area (Å²) in [5.41, 5.74) is 1.12. The van der Waals surface area contributed by atoms with Gasteiger partial charge < -0.3 is 24.3 Å². The fourth-order valence-corrected chi connectivity index (χ4v) is 3.05. The molecule has 2 heterocycles. The maximum absolute atomic E-state index is 12.4. The van der Waals surface area contributed by atoms with Crippen molar-refractivity contribution < 1.29 is 28.5 Å². The lowest BCUT2D eigenvalue weighted by molar-refractivity contribution is -0.116. The van der Waals surface area contributed by atoms with Crippen LogP contribution < -0.4 is 24.3 Å². The molecule has 0 radical (unpaired) electrons. The molecule has 7 heteroatoms. The van der Waals surface area contributed by atoms with E-state index in [4.69, 9.17) is 18.9 Å². The zero-order chi connectivity index (χ0) is 19.3. The number of nitrogens with one attached hydrogen (secondary N) is 1. The van der Waals surface area contributed by atoms with Crippen LogP contribution >= 0.6 is 0 Å². The van der Waals surface area contributed by atoms with Crippen LogP contribution in [0.15, 0.2) is 36.4 Å². The Morgan fingerprint density at radius 1 is 0.750 bits per heavy atom. The van der Waals surface area contributed by atoms with Crippen molar-refractivity contribution in [1.29, 1.82) is 0 Å². The number of ether oxygens (including phenoxy) is 4. The maximum atomic E-state index is 12.4. The Balaban J connectivity index is 1.33. The van der Waals surface area contributed by atoms with Crippen LogP contribution in [-0.4, -0.2) is 38.1 Å². The smallest absolute Gasteiger partial charge is 0.224 e. The largest absolute Gasteiger partial charge is 0.490 e. The number of anilines is 1. The second-order valence-electron chi connectivity index (χ2n) is 6.54. The summed E-state index contributed by atoms with van der Waals surface area (Å²) in [6, 6.07) is 10.3. The second-order valence-corrected chi connectivity index (χ2v) is 6.54. The third kappa shape index (κ3) is 4.19. The van der Waals surface area contributed by atoms with Gasteiger partial charge in [0.05, 0.1) is 13.2 Å². The predicted octanol–water partition coefficient (Wildman–Crippen LogP) is 3.22. The predicted molar refractivity (Wildman–Crippen MR) is 102 cm³/mol. The van der Waals surface area contributed by atoms with Crippen LogP contribution in [0, 0.1) is 0 Å². The number of carbonyl (C=O) groups is 2. The summed E-state index contributed by atoms with van der Waals surface area (Å²) in [5, 5.41) is 2.80. The molecule has 7 nitrogen and oxygen atoms in total. The van der Waals surface area contributed by atoms with E-state index in [0.717, 1.165) is 6.42 Å². The minimum absolute atomic E-state index is 0.0850. The van der Waals surface area contributed by atoms with Crippen LogP contribution in [0.5, 0.6) is 23.0 Å². The lowest BCUT2D eigenvalue weighted by atomic mass is 10.1. The number of amides is 1. The van der Waals surface area contributed by atoms with Crippen LogP contribution in [0.4, 0.5) is 5.69 Å². The van der Waals surface area contributed by atoms with Crippen LogP contribution in [0.2, 0.25) is 0 Å². The number of hydrogen-bond acceptors (Lipinski definition) is 6. The van der Waals surface area contributed by atoms with Gasteiger partial charge in [-0.3, -0.25) is 9.59 Å². The van der Waals surface area contributed by atoms with Gasteiger partial charge in [0.2, 0.25) is 5.91 Å². The van der Waals surface area contributed by atoms with Crippen molar-refractivity contribution in [2.24, 2.45) is 0 Å². The highest BCUT2D eigenvalue weighted by molar-refractivity contribution is 6.00.